The van der Waals surface area contributed by atoms with Crippen molar-refractivity contribution in [2.45, 2.75) is 64.6 Å². The Morgan fingerprint density at radius 2 is 1.68 bits per heavy atom. The molecule has 5 heteroatoms. The Kier molecular flexibility index (Phi) is 6.45. The average Bonchev–Trinajstić information content (AvgIpc) is 2.59. The topological polar surface area (TPSA) is 55.8 Å². The van der Waals surface area contributed by atoms with E-state index in [4.69, 9.17) is 9.47 Å². The number of hydrogen-bond donors (Lipinski definition) is 0. The van der Waals surface area contributed by atoms with Crippen LogP contribution >= 0.6 is 0 Å². The lowest BCUT2D eigenvalue weighted by Crippen LogP contribution is -2.46. The van der Waals surface area contributed by atoms with Crippen molar-refractivity contribution in [3.05, 3.63) is 35.9 Å². The maximum Gasteiger partial charge on any atom is 0.410 e. The first kappa shape index (κ1) is 19.3. The van der Waals surface area contributed by atoms with E-state index in [2.05, 4.69) is 0 Å². The van der Waals surface area contributed by atoms with Gasteiger partial charge in [-0.15, -0.1) is 0 Å². The SMILES string of the molecule is COC(=O)C1CCC(OC(=O)N(Cc2ccccc2)C(C)(C)C)CC1. The average molecular weight is 347 g/mol. The second kappa shape index (κ2) is 8.37. The highest BCUT2D eigenvalue weighted by molar-refractivity contribution is 5.72. The Morgan fingerprint density at radius 1 is 1.08 bits per heavy atom. The van der Waals surface area contributed by atoms with E-state index < -0.39 is 0 Å². The number of carbonyl (C=O) groups excluding carboxylic acids is 2. The molecule has 25 heavy (non-hydrogen) atoms. The second-order valence-electron chi connectivity index (χ2n) is 7.62. The highest BCUT2D eigenvalue weighted by Crippen LogP contribution is 2.28. The van der Waals surface area contributed by atoms with Gasteiger partial charge in [-0.2, -0.15) is 0 Å². The third-order valence-electron chi connectivity index (χ3n) is 4.69. The number of hydrogen-bond acceptors (Lipinski definition) is 4. The smallest absolute Gasteiger partial charge is 0.410 e. The fourth-order valence-corrected chi connectivity index (χ4v) is 3.13. The summed E-state index contributed by atoms with van der Waals surface area (Å²) in [5.74, 6) is -0.229. The normalized spacial score (nSPS) is 20.6. The summed E-state index contributed by atoms with van der Waals surface area (Å²) in [6.45, 7) is 6.53. The summed E-state index contributed by atoms with van der Waals surface area (Å²) in [4.78, 5) is 26.1. The first-order chi connectivity index (χ1) is 11.8. The molecule has 0 aliphatic heterocycles. The van der Waals surface area contributed by atoms with Crippen LogP contribution in [0.2, 0.25) is 0 Å². The summed E-state index contributed by atoms with van der Waals surface area (Å²) in [7, 11) is 1.42. The highest BCUT2D eigenvalue weighted by Gasteiger charge is 2.33. The molecular formula is C20H29NO4. The molecule has 5 nitrogen and oxygen atoms in total. The molecule has 0 heterocycles. The monoisotopic (exact) mass is 347 g/mol. The second-order valence-corrected chi connectivity index (χ2v) is 7.62. The minimum Gasteiger partial charge on any atom is -0.469 e. The van der Waals surface area contributed by atoms with Gasteiger partial charge in [-0.05, 0) is 52.0 Å². The van der Waals surface area contributed by atoms with Crippen LogP contribution in [0.5, 0.6) is 0 Å². The first-order valence-electron chi connectivity index (χ1n) is 8.91. The number of amides is 1. The number of methoxy groups -OCH3 is 1. The van der Waals surface area contributed by atoms with Gasteiger partial charge >= 0.3 is 12.1 Å². The third-order valence-corrected chi connectivity index (χ3v) is 4.69. The van der Waals surface area contributed by atoms with Gasteiger partial charge in [0.1, 0.15) is 6.10 Å². The maximum atomic E-state index is 12.7. The van der Waals surface area contributed by atoms with Crippen LogP contribution in [-0.4, -0.2) is 35.7 Å². The van der Waals surface area contributed by atoms with Crippen LogP contribution in [-0.2, 0) is 20.8 Å². The number of rotatable bonds is 4. The van der Waals surface area contributed by atoms with Gasteiger partial charge in [0.2, 0.25) is 0 Å². The Bertz CT molecular complexity index is 571. The van der Waals surface area contributed by atoms with Crippen LogP contribution in [0.25, 0.3) is 0 Å². The van der Waals surface area contributed by atoms with Crippen LogP contribution in [0.1, 0.15) is 52.0 Å². The standard InChI is InChI=1S/C20H29NO4/c1-20(2,3)21(14-15-8-6-5-7-9-15)19(23)25-17-12-10-16(11-13-17)18(22)24-4/h5-9,16-17H,10-14H2,1-4H3. The van der Waals surface area contributed by atoms with Gasteiger partial charge in [-0.1, -0.05) is 30.3 Å². The molecule has 0 N–H and O–H groups in total. The Labute approximate surface area is 150 Å². The zero-order valence-electron chi connectivity index (χ0n) is 15.7. The van der Waals surface area contributed by atoms with E-state index >= 15 is 0 Å². The Balaban J connectivity index is 1.95. The molecule has 1 aliphatic rings. The van der Waals surface area contributed by atoms with Crippen molar-refractivity contribution in [1.82, 2.24) is 4.90 Å². The van der Waals surface area contributed by atoms with Gasteiger partial charge in [0.25, 0.3) is 0 Å². The van der Waals surface area contributed by atoms with E-state index in [0.29, 0.717) is 32.2 Å². The molecule has 0 saturated heterocycles. The first-order valence-corrected chi connectivity index (χ1v) is 8.91. The molecule has 0 spiro atoms. The molecule has 0 atom stereocenters. The minimum atomic E-state index is -0.337. The minimum absolute atomic E-state index is 0.0667. The molecule has 1 aromatic carbocycles. The van der Waals surface area contributed by atoms with E-state index in [-0.39, 0.29) is 29.6 Å². The summed E-state index contributed by atoms with van der Waals surface area (Å²) < 4.78 is 10.5. The van der Waals surface area contributed by atoms with Gasteiger partial charge in [-0.3, -0.25) is 9.69 Å². The fraction of sp³-hybridized carbons (Fsp3) is 0.600. The van der Waals surface area contributed by atoms with Crippen molar-refractivity contribution in [1.29, 1.82) is 0 Å². The predicted octanol–water partition coefficient (Wildman–Crippen LogP) is 4.16. The summed E-state index contributed by atoms with van der Waals surface area (Å²) in [5, 5.41) is 0. The molecular weight excluding hydrogens is 318 g/mol. The van der Waals surface area contributed by atoms with Crippen LogP contribution in [0.4, 0.5) is 4.79 Å². The molecule has 1 amide bonds. The van der Waals surface area contributed by atoms with Gasteiger partial charge in [0.05, 0.1) is 13.0 Å². The number of carbonyl (C=O) groups is 2. The Hall–Kier alpha value is -2.04. The number of nitrogens with zero attached hydrogens (tertiary/aromatic N) is 1. The van der Waals surface area contributed by atoms with Gasteiger partial charge in [0.15, 0.2) is 0 Å². The summed E-state index contributed by atoms with van der Waals surface area (Å²) in [6, 6.07) is 9.91. The van der Waals surface area contributed by atoms with E-state index in [9.17, 15) is 9.59 Å². The summed E-state index contributed by atoms with van der Waals surface area (Å²) >= 11 is 0. The molecule has 1 fully saturated rings. The van der Waals surface area contributed by atoms with Crippen molar-refractivity contribution in [3.63, 3.8) is 0 Å². The lowest BCUT2D eigenvalue weighted by Gasteiger charge is -2.37. The van der Waals surface area contributed by atoms with Crippen LogP contribution < -0.4 is 0 Å². The zero-order valence-corrected chi connectivity index (χ0v) is 15.7. The van der Waals surface area contributed by atoms with Gasteiger partial charge in [-0.25, -0.2) is 4.79 Å². The van der Waals surface area contributed by atoms with Crippen molar-refractivity contribution < 1.29 is 19.1 Å². The molecule has 2 rings (SSSR count). The number of esters is 1. The van der Waals surface area contributed by atoms with Gasteiger partial charge in [0, 0.05) is 12.1 Å². The van der Waals surface area contributed by atoms with E-state index in [1.165, 1.54) is 7.11 Å². The largest absolute Gasteiger partial charge is 0.469 e. The van der Waals surface area contributed by atoms with E-state index in [1.54, 1.807) is 4.90 Å². The zero-order chi connectivity index (χ0) is 18.4. The lowest BCUT2D eigenvalue weighted by molar-refractivity contribution is -0.147. The van der Waals surface area contributed by atoms with Crippen molar-refractivity contribution in [2.24, 2.45) is 5.92 Å². The molecule has 138 valence electrons. The van der Waals surface area contributed by atoms with E-state index in [1.807, 2.05) is 51.1 Å². The number of ether oxygens (including phenoxy) is 2. The highest BCUT2D eigenvalue weighted by atomic mass is 16.6. The Morgan fingerprint density at radius 3 is 2.20 bits per heavy atom. The predicted molar refractivity (Wildman–Crippen MR) is 96.0 cm³/mol. The van der Waals surface area contributed by atoms with Crippen molar-refractivity contribution >= 4 is 12.1 Å². The van der Waals surface area contributed by atoms with Crippen LogP contribution in [0.15, 0.2) is 30.3 Å². The molecule has 1 saturated carbocycles. The molecule has 1 aromatic rings. The van der Waals surface area contributed by atoms with Gasteiger partial charge < -0.3 is 9.47 Å². The molecule has 0 aromatic heterocycles. The van der Waals surface area contributed by atoms with Crippen molar-refractivity contribution in [3.8, 4) is 0 Å². The third kappa shape index (κ3) is 5.48. The quantitative estimate of drug-likeness (QED) is 0.768. The lowest BCUT2D eigenvalue weighted by atomic mass is 9.87. The van der Waals surface area contributed by atoms with Crippen molar-refractivity contribution in [2.75, 3.05) is 7.11 Å². The summed E-state index contributed by atoms with van der Waals surface area (Å²) in [6.07, 6.45) is 2.40. The molecule has 0 unspecified atom stereocenters. The summed E-state index contributed by atoms with van der Waals surface area (Å²) in [5.41, 5.74) is 0.736. The molecule has 1 aliphatic carbocycles. The number of benzene rings is 1. The van der Waals surface area contributed by atoms with Crippen LogP contribution in [0.3, 0.4) is 0 Å². The van der Waals surface area contributed by atoms with E-state index in [0.717, 1.165) is 5.56 Å². The molecule has 0 bridgehead atoms. The maximum absolute atomic E-state index is 12.7. The molecule has 0 radical (unpaired) electrons. The fourth-order valence-electron chi connectivity index (χ4n) is 3.13. The van der Waals surface area contributed by atoms with Crippen LogP contribution in [0, 0.1) is 5.92 Å².